The fourth-order valence-electron chi connectivity index (χ4n) is 2.79. The number of amides is 1. The number of hydrogen-bond donors (Lipinski definition) is 3. The van der Waals surface area contributed by atoms with Gasteiger partial charge in [-0.05, 0) is 41.1 Å². The molecule has 0 saturated carbocycles. The number of benzene rings is 3. The lowest BCUT2D eigenvalue weighted by molar-refractivity contribution is 0.0992. The maximum absolute atomic E-state index is 13.4. The van der Waals surface area contributed by atoms with Crippen molar-refractivity contribution in [1.29, 1.82) is 0 Å². The highest BCUT2D eigenvalue weighted by molar-refractivity contribution is 6.02. The van der Waals surface area contributed by atoms with Crippen molar-refractivity contribution >= 4 is 33.3 Å². The van der Waals surface area contributed by atoms with Crippen LogP contribution in [0.4, 0.5) is 10.1 Å². The molecule has 7 heteroatoms. The average Bonchev–Trinajstić information content (AvgIpc) is 2.93. The Kier molecular flexibility index (Phi) is 3.62. The van der Waals surface area contributed by atoms with E-state index in [0.29, 0.717) is 10.9 Å². The molecule has 1 amide bonds. The summed E-state index contributed by atoms with van der Waals surface area (Å²) in [7, 11) is 0. The summed E-state index contributed by atoms with van der Waals surface area (Å²) >= 11 is 0. The fraction of sp³-hybridized carbons (Fsp3) is 0. The van der Waals surface area contributed by atoms with Gasteiger partial charge in [0.05, 0.1) is 11.1 Å². The van der Waals surface area contributed by atoms with E-state index < -0.39 is 11.7 Å². The molecule has 0 spiro atoms. The highest BCUT2D eigenvalue weighted by Gasteiger charge is 2.15. The molecule has 1 aromatic heterocycles. The summed E-state index contributed by atoms with van der Waals surface area (Å²) in [5.74, 6) is -1.84. The number of aromatic hydroxyl groups is 2. The molecule has 0 aliphatic rings. The summed E-state index contributed by atoms with van der Waals surface area (Å²) < 4.78 is 13.4. The van der Waals surface area contributed by atoms with Crippen molar-refractivity contribution in [2.45, 2.75) is 0 Å². The van der Waals surface area contributed by atoms with Gasteiger partial charge in [0.15, 0.2) is 5.69 Å². The SMILES string of the molecule is O=C(N=Nc1c(O)[nH]c2ccc(F)cc12)c1cc2ccccc2cc1O. The number of phenolic OH excluding ortho intramolecular Hbond substituents is 1. The molecule has 0 aliphatic carbocycles. The van der Waals surface area contributed by atoms with Crippen LogP contribution in [0.15, 0.2) is 64.8 Å². The number of phenols is 1. The van der Waals surface area contributed by atoms with Crippen molar-refractivity contribution in [1.82, 2.24) is 4.98 Å². The lowest BCUT2D eigenvalue weighted by Crippen LogP contribution is -1.94. The van der Waals surface area contributed by atoms with E-state index in [1.54, 1.807) is 6.07 Å². The number of aromatic amines is 1. The second kappa shape index (κ2) is 5.96. The predicted molar refractivity (Wildman–Crippen MR) is 94.4 cm³/mol. The predicted octanol–water partition coefficient (Wildman–Crippen LogP) is 4.80. The van der Waals surface area contributed by atoms with Crippen molar-refractivity contribution in [3.05, 3.63) is 66.0 Å². The molecule has 128 valence electrons. The van der Waals surface area contributed by atoms with Gasteiger partial charge in [-0.25, -0.2) is 4.39 Å². The first-order valence-electron chi connectivity index (χ1n) is 7.71. The quantitative estimate of drug-likeness (QED) is 0.454. The monoisotopic (exact) mass is 349 g/mol. The minimum atomic E-state index is -0.779. The number of carbonyl (C=O) groups is 1. The van der Waals surface area contributed by atoms with Crippen LogP contribution >= 0.6 is 0 Å². The van der Waals surface area contributed by atoms with Crippen molar-refractivity contribution in [3.8, 4) is 11.6 Å². The Bertz CT molecular complexity index is 1200. The minimum absolute atomic E-state index is 0.0158. The summed E-state index contributed by atoms with van der Waals surface area (Å²) in [5.41, 5.74) is 0.393. The summed E-state index contributed by atoms with van der Waals surface area (Å²) in [5, 5.41) is 29.1. The highest BCUT2D eigenvalue weighted by Crippen LogP contribution is 2.36. The Morgan fingerprint density at radius 3 is 2.50 bits per heavy atom. The molecule has 0 saturated heterocycles. The van der Waals surface area contributed by atoms with Gasteiger partial charge in [0.25, 0.3) is 5.91 Å². The van der Waals surface area contributed by atoms with E-state index in [2.05, 4.69) is 15.2 Å². The standard InChI is InChI=1S/C19H12FN3O3/c20-12-5-6-15-13(9-12)17(19(26)21-15)22-23-18(25)14-7-10-3-1-2-4-11(10)8-16(14)24/h1-9,21,24,26H. The van der Waals surface area contributed by atoms with E-state index in [1.165, 1.54) is 30.3 Å². The Morgan fingerprint density at radius 1 is 1.00 bits per heavy atom. The number of aromatic nitrogens is 1. The van der Waals surface area contributed by atoms with E-state index in [4.69, 9.17) is 0 Å². The topological polar surface area (TPSA) is 98.0 Å². The van der Waals surface area contributed by atoms with Gasteiger partial charge in [-0.2, -0.15) is 0 Å². The second-order valence-electron chi connectivity index (χ2n) is 5.73. The number of H-pyrrole nitrogens is 1. The van der Waals surface area contributed by atoms with Gasteiger partial charge in [-0.3, -0.25) is 4.79 Å². The number of nitrogens with one attached hydrogen (secondary N) is 1. The molecule has 4 rings (SSSR count). The molecule has 4 aromatic rings. The van der Waals surface area contributed by atoms with E-state index in [1.807, 2.05) is 18.2 Å². The highest BCUT2D eigenvalue weighted by atomic mass is 19.1. The molecule has 0 bridgehead atoms. The zero-order chi connectivity index (χ0) is 18.3. The van der Waals surface area contributed by atoms with Crippen molar-refractivity contribution < 1.29 is 19.4 Å². The van der Waals surface area contributed by atoms with Crippen LogP contribution in [0.25, 0.3) is 21.7 Å². The van der Waals surface area contributed by atoms with Crippen LogP contribution in [0.5, 0.6) is 11.6 Å². The maximum Gasteiger partial charge on any atom is 0.299 e. The molecule has 0 radical (unpaired) electrons. The van der Waals surface area contributed by atoms with Gasteiger partial charge in [0.1, 0.15) is 11.6 Å². The summed E-state index contributed by atoms with van der Waals surface area (Å²) in [6, 6.07) is 14.1. The number of nitrogens with zero attached hydrogens (tertiary/aromatic N) is 2. The van der Waals surface area contributed by atoms with Crippen LogP contribution in [0.1, 0.15) is 10.4 Å². The van der Waals surface area contributed by atoms with Gasteiger partial charge in [-0.15, -0.1) is 10.2 Å². The number of fused-ring (bicyclic) bond motifs is 2. The van der Waals surface area contributed by atoms with Crippen LogP contribution < -0.4 is 0 Å². The Hall–Kier alpha value is -3.74. The summed E-state index contributed by atoms with van der Waals surface area (Å²) in [4.78, 5) is 15.0. The molecular weight excluding hydrogens is 337 g/mol. The van der Waals surface area contributed by atoms with Crippen LogP contribution in [0.2, 0.25) is 0 Å². The molecule has 0 atom stereocenters. The first kappa shape index (κ1) is 15.8. The largest absolute Gasteiger partial charge is 0.507 e. The molecule has 3 N–H and O–H groups in total. The molecule has 0 unspecified atom stereocenters. The van der Waals surface area contributed by atoms with Gasteiger partial charge < -0.3 is 15.2 Å². The maximum atomic E-state index is 13.4. The Morgan fingerprint density at radius 2 is 1.73 bits per heavy atom. The molecule has 1 heterocycles. The van der Waals surface area contributed by atoms with Crippen molar-refractivity contribution in [2.24, 2.45) is 10.2 Å². The van der Waals surface area contributed by atoms with Crippen molar-refractivity contribution in [3.63, 3.8) is 0 Å². The fourth-order valence-corrected chi connectivity index (χ4v) is 2.79. The van der Waals surface area contributed by atoms with Crippen LogP contribution in [0, 0.1) is 5.82 Å². The van der Waals surface area contributed by atoms with Crippen LogP contribution in [0.3, 0.4) is 0 Å². The average molecular weight is 349 g/mol. The van der Waals surface area contributed by atoms with Gasteiger partial charge in [0, 0.05) is 5.39 Å². The third-order valence-corrected chi connectivity index (χ3v) is 4.05. The van der Waals surface area contributed by atoms with Gasteiger partial charge >= 0.3 is 0 Å². The lowest BCUT2D eigenvalue weighted by Gasteiger charge is -2.03. The number of carbonyl (C=O) groups excluding carboxylic acids is 1. The number of halogens is 1. The van der Waals surface area contributed by atoms with Crippen LogP contribution in [-0.4, -0.2) is 21.1 Å². The van der Waals surface area contributed by atoms with Gasteiger partial charge in [0.2, 0.25) is 5.88 Å². The zero-order valence-electron chi connectivity index (χ0n) is 13.3. The third-order valence-electron chi connectivity index (χ3n) is 4.05. The smallest absolute Gasteiger partial charge is 0.299 e. The minimum Gasteiger partial charge on any atom is -0.507 e. The molecule has 0 fully saturated rings. The number of rotatable bonds is 2. The Balaban J connectivity index is 1.74. The van der Waals surface area contributed by atoms with Gasteiger partial charge in [-0.1, -0.05) is 24.3 Å². The molecule has 26 heavy (non-hydrogen) atoms. The molecular formula is C19H12FN3O3. The zero-order valence-corrected chi connectivity index (χ0v) is 13.3. The van der Waals surface area contributed by atoms with E-state index >= 15 is 0 Å². The Labute approximate surface area is 146 Å². The third kappa shape index (κ3) is 2.65. The van der Waals surface area contributed by atoms with Crippen LogP contribution in [-0.2, 0) is 0 Å². The van der Waals surface area contributed by atoms with E-state index in [-0.39, 0.29) is 22.9 Å². The molecule has 3 aromatic carbocycles. The summed E-state index contributed by atoms with van der Waals surface area (Å²) in [6.07, 6.45) is 0. The van der Waals surface area contributed by atoms with Crippen molar-refractivity contribution in [2.75, 3.05) is 0 Å². The second-order valence-corrected chi connectivity index (χ2v) is 5.73. The first-order chi connectivity index (χ1) is 12.5. The first-order valence-corrected chi connectivity index (χ1v) is 7.71. The molecule has 0 aliphatic heterocycles. The van der Waals surface area contributed by atoms with E-state index in [9.17, 15) is 19.4 Å². The number of azo groups is 1. The molecule has 6 nitrogen and oxygen atoms in total. The van der Waals surface area contributed by atoms with E-state index in [0.717, 1.165) is 10.8 Å². The lowest BCUT2D eigenvalue weighted by atomic mass is 10.1. The normalized spacial score (nSPS) is 11.6. The summed E-state index contributed by atoms with van der Waals surface area (Å²) in [6.45, 7) is 0. The number of hydrogen-bond acceptors (Lipinski definition) is 4.